The van der Waals surface area contributed by atoms with Gasteiger partial charge >= 0.3 is 0 Å². The molecule has 1 rings (SSSR count). The van der Waals surface area contributed by atoms with Crippen LogP contribution in [-0.2, 0) is 9.84 Å². The van der Waals surface area contributed by atoms with Crippen LogP contribution in [0.4, 0.5) is 0 Å². The third-order valence-corrected chi connectivity index (χ3v) is 3.91. The Balaban J connectivity index is 2.98. The van der Waals surface area contributed by atoms with Crippen molar-refractivity contribution in [3.8, 4) is 0 Å². The van der Waals surface area contributed by atoms with Crippen LogP contribution in [0.1, 0.15) is 5.56 Å². The molecule has 0 atom stereocenters. The molecule has 0 spiro atoms. The number of hydrogen-bond donors (Lipinski definition) is 2. The molecule has 0 heterocycles. The zero-order chi connectivity index (χ0) is 13.1. The summed E-state index contributed by atoms with van der Waals surface area (Å²) in [6, 6.07) is 4.77. The predicted octanol–water partition coefficient (Wildman–Crippen LogP) is 1.02. The van der Waals surface area contributed by atoms with Crippen LogP contribution < -0.4 is 11.2 Å². The van der Waals surface area contributed by atoms with Crippen LogP contribution in [0.15, 0.2) is 32.7 Å². The number of hydrazone groups is 1. The third-order valence-electron chi connectivity index (χ3n) is 1.74. The highest BCUT2D eigenvalue weighted by Gasteiger charge is 2.11. The summed E-state index contributed by atoms with van der Waals surface area (Å²) in [5.74, 6) is 0. The molecule has 8 heteroatoms. The van der Waals surface area contributed by atoms with Crippen molar-refractivity contribution in [2.24, 2.45) is 10.8 Å². The van der Waals surface area contributed by atoms with Gasteiger partial charge in [-0.3, -0.25) is 5.43 Å². The maximum Gasteiger partial charge on any atom is 0.184 e. The van der Waals surface area contributed by atoms with E-state index in [0.717, 1.165) is 6.26 Å². The minimum absolute atomic E-state index is 0.0630. The lowest BCUT2D eigenvalue weighted by molar-refractivity contribution is 0.601. The van der Waals surface area contributed by atoms with Gasteiger partial charge in [0.15, 0.2) is 14.9 Å². The van der Waals surface area contributed by atoms with Crippen LogP contribution in [0.3, 0.4) is 0 Å². The summed E-state index contributed by atoms with van der Waals surface area (Å²) in [4.78, 5) is 0.233. The lowest BCUT2D eigenvalue weighted by atomic mass is 10.2. The highest BCUT2D eigenvalue weighted by Crippen LogP contribution is 2.22. The van der Waals surface area contributed by atoms with Gasteiger partial charge in [0.2, 0.25) is 0 Å². The fourth-order valence-electron chi connectivity index (χ4n) is 1.07. The molecule has 92 valence electrons. The van der Waals surface area contributed by atoms with Crippen LogP contribution in [0.25, 0.3) is 0 Å². The normalized spacial score (nSPS) is 11.6. The van der Waals surface area contributed by atoms with Crippen LogP contribution in [0.5, 0.6) is 0 Å². The van der Waals surface area contributed by atoms with Crippen molar-refractivity contribution >= 4 is 49.3 Å². The van der Waals surface area contributed by atoms with Crippen molar-refractivity contribution in [1.82, 2.24) is 5.43 Å². The smallest absolute Gasteiger partial charge is 0.184 e. The van der Waals surface area contributed by atoms with Crippen molar-refractivity contribution < 1.29 is 8.42 Å². The number of benzene rings is 1. The second-order valence-electron chi connectivity index (χ2n) is 3.20. The highest BCUT2D eigenvalue weighted by molar-refractivity contribution is 9.10. The SMILES string of the molecule is CS(=O)(=O)c1ccc(C=NNC(N)=S)cc1Br. The molecule has 1 aromatic carbocycles. The van der Waals surface area contributed by atoms with E-state index in [1.54, 1.807) is 12.1 Å². The van der Waals surface area contributed by atoms with Crippen LogP contribution in [0, 0.1) is 0 Å². The van der Waals surface area contributed by atoms with E-state index < -0.39 is 9.84 Å². The Bertz CT molecular complexity index is 570. The molecule has 0 aliphatic heterocycles. The molecular weight excluding hydrogens is 326 g/mol. The summed E-state index contributed by atoms with van der Waals surface area (Å²) in [5.41, 5.74) is 8.30. The number of nitrogens with one attached hydrogen (secondary N) is 1. The van der Waals surface area contributed by atoms with Gasteiger partial charge in [-0.15, -0.1) is 0 Å². The topological polar surface area (TPSA) is 84.5 Å². The minimum Gasteiger partial charge on any atom is -0.375 e. The Morgan fingerprint density at radius 1 is 1.59 bits per heavy atom. The van der Waals surface area contributed by atoms with E-state index in [2.05, 4.69) is 38.7 Å². The fraction of sp³-hybridized carbons (Fsp3) is 0.111. The van der Waals surface area contributed by atoms with Gasteiger partial charge < -0.3 is 5.73 Å². The molecule has 17 heavy (non-hydrogen) atoms. The molecule has 0 saturated heterocycles. The molecule has 0 aromatic heterocycles. The largest absolute Gasteiger partial charge is 0.375 e. The Morgan fingerprint density at radius 3 is 2.71 bits per heavy atom. The first-order valence-corrected chi connectivity index (χ1v) is 7.48. The van der Waals surface area contributed by atoms with Crippen molar-refractivity contribution in [2.75, 3.05) is 6.26 Å². The van der Waals surface area contributed by atoms with Crippen LogP contribution >= 0.6 is 28.1 Å². The molecule has 0 unspecified atom stereocenters. The van der Waals surface area contributed by atoms with Crippen molar-refractivity contribution in [3.05, 3.63) is 28.2 Å². The lowest BCUT2D eigenvalue weighted by Gasteiger charge is -2.02. The van der Waals surface area contributed by atoms with E-state index in [1.165, 1.54) is 12.3 Å². The van der Waals surface area contributed by atoms with Crippen molar-refractivity contribution in [3.63, 3.8) is 0 Å². The zero-order valence-corrected chi connectivity index (χ0v) is 12.1. The molecule has 3 N–H and O–H groups in total. The number of thiocarbonyl (C=S) groups is 1. The molecule has 1 aromatic rings. The van der Waals surface area contributed by atoms with Gasteiger partial charge in [-0.05, 0) is 45.8 Å². The number of halogens is 1. The fourth-order valence-corrected chi connectivity index (χ4v) is 3.13. The summed E-state index contributed by atoms with van der Waals surface area (Å²) in [7, 11) is -3.23. The quantitative estimate of drug-likeness (QED) is 0.489. The van der Waals surface area contributed by atoms with E-state index in [9.17, 15) is 8.42 Å². The maximum absolute atomic E-state index is 11.4. The molecule has 0 amide bonds. The second kappa shape index (κ2) is 5.56. The molecule has 0 radical (unpaired) electrons. The van der Waals surface area contributed by atoms with Gasteiger partial charge in [0.25, 0.3) is 0 Å². The molecule has 5 nitrogen and oxygen atoms in total. The van der Waals surface area contributed by atoms with E-state index >= 15 is 0 Å². The molecule has 0 fully saturated rings. The molecule has 0 aliphatic carbocycles. The molecule has 0 bridgehead atoms. The Labute approximate surface area is 113 Å². The predicted molar refractivity (Wildman–Crippen MR) is 74.8 cm³/mol. The number of sulfone groups is 1. The summed E-state index contributed by atoms with van der Waals surface area (Å²) in [6.07, 6.45) is 2.63. The van der Waals surface area contributed by atoms with E-state index in [-0.39, 0.29) is 10.0 Å². The summed E-state index contributed by atoms with van der Waals surface area (Å²) in [5, 5.41) is 3.83. The van der Waals surface area contributed by atoms with Gasteiger partial charge in [-0.25, -0.2) is 8.42 Å². The zero-order valence-electron chi connectivity index (χ0n) is 8.84. The average molecular weight is 336 g/mol. The number of rotatable bonds is 3. The molecule has 0 aliphatic rings. The van der Waals surface area contributed by atoms with Crippen molar-refractivity contribution in [2.45, 2.75) is 4.90 Å². The summed E-state index contributed by atoms with van der Waals surface area (Å²) in [6.45, 7) is 0. The first kappa shape index (κ1) is 14.1. The molecular formula is C9H10BrN3O2S2. The summed E-state index contributed by atoms with van der Waals surface area (Å²) >= 11 is 7.76. The van der Waals surface area contributed by atoms with Gasteiger partial charge in [-0.1, -0.05) is 6.07 Å². The number of nitrogens with two attached hydrogens (primary N) is 1. The van der Waals surface area contributed by atoms with Gasteiger partial charge in [0.05, 0.1) is 11.1 Å². The Morgan fingerprint density at radius 2 is 2.24 bits per heavy atom. The highest BCUT2D eigenvalue weighted by atomic mass is 79.9. The number of hydrogen-bond acceptors (Lipinski definition) is 4. The lowest BCUT2D eigenvalue weighted by Crippen LogP contribution is -2.23. The minimum atomic E-state index is -3.23. The van der Waals surface area contributed by atoms with Crippen molar-refractivity contribution in [1.29, 1.82) is 0 Å². The second-order valence-corrected chi connectivity index (χ2v) is 6.47. The maximum atomic E-state index is 11.4. The standard InChI is InChI=1S/C9H10BrN3O2S2/c1-17(14,15)8-3-2-6(4-7(8)10)5-12-13-9(11)16/h2-5H,1H3,(H3,11,13,16). The monoisotopic (exact) mass is 335 g/mol. The average Bonchev–Trinajstić information content (AvgIpc) is 2.14. The van der Waals surface area contributed by atoms with Gasteiger partial charge in [0, 0.05) is 10.7 Å². The van der Waals surface area contributed by atoms with Gasteiger partial charge in [0.1, 0.15) is 0 Å². The van der Waals surface area contributed by atoms with E-state index in [4.69, 9.17) is 5.73 Å². The van der Waals surface area contributed by atoms with E-state index in [1.807, 2.05) is 0 Å². The van der Waals surface area contributed by atoms with E-state index in [0.29, 0.717) is 10.0 Å². The number of nitrogens with zero attached hydrogens (tertiary/aromatic N) is 1. The summed E-state index contributed by atoms with van der Waals surface area (Å²) < 4.78 is 23.2. The third kappa shape index (κ3) is 4.41. The first-order chi connectivity index (χ1) is 7.80. The first-order valence-electron chi connectivity index (χ1n) is 4.39. The Kier molecular flexibility index (Phi) is 4.61. The molecule has 0 saturated carbocycles. The van der Waals surface area contributed by atoms with Crippen LogP contribution in [-0.4, -0.2) is 26.0 Å². The Hall–Kier alpha value is -0.990. The van der Waals surface area contributed by atoms with Gasteiger partial charge in [-0.2, -0.15) is 5.10 Å². The van der Waals surface area contributed by atoms with Crippen LogP contribution in [0.2, 0.25) is 0 Å².